The van der Waals surface area contributed by atoms with Crippen molar-refractivity contribution in [2.75, 3.05) is 12.5 Å². The lowest BCUT2D eigenvalue weighted by atomic mass is 10.2. The second-order valence-corrected chi connectivity index (χ2v) is 4.76. The van der Waals surface area contributed by atoms with Gasteiger partial charge in [-0.25, -0.2) is 4.98 Å². The Morgan fingerprint density at radius 2 is 2.00 bits per heavy atom. The lowest BCUT2D eigenvalue weighted by molar-refractivity contribution is 0.309. The van der Waals surface area contributed by atoms with Crippen molar-refractivity contribution in [3.05, 3.63) is 36.0 Å². The number of unbranched alkanes of at least 4 members (excludes halogenated alkanes) is 2. The van der Waals surface area contributed by atoms with Crippen molar-refractivity contribution in [3.8, 4) is 5.75 Å². The number of rotatable bonds is 6. The van der Waals surface area contributed by atoms with E-state index in [0.29, 0.717) is 0 Å². The van der Waals surface area contributed by atoms with Crippen molar-refractivity contribution in [3.63, 3.8) is 0 Å². The lowest BCUT2D eigenvalue weighted by Crippen LogP contribution is -1.99. The molecule has 96 valence electrons. The molecule has 0 aliphatic heterocycles. The third-order valence-corrected chi connectivity index (χ3v) is 3.13. The van der Waals surface area contributed by atoms with Gasteiger partial charge in [0.15, 0.2) is 0 Å². The highest BCUT2D eigenvalue weighted by Crippen LogP contribution is 2.24. The molecule has 0 bridgehead atoms. The summed E-state index contributed by atoms with van der Waals surface area (Å²) in [6, 6.07) is 10.1. The molecular weight excluding hydrogens is 246 g/mol. The fourth-order valence-corrected chi connectivity index (χ4v) is 2.08. The van der Waals surface area contributed by atoms with Crippen molar-refractivity contribution in [2.45, 2.75) is 26.2 Å². The first-order valence-corrected chi connectivity index (χ1v) is 6.90. The van der Waals surface area contributed by atoms with Crippen LogP contribution in [0, 0.1) is 6.92 Å². The third-order valence-electron chi connectivity index (χ3n) is 2.86. The number of hydrogen-bond donors (Lipinski definition) is 0. The molecule has 0 radical (unpaired) electrons. The second-order valence-electron chi connectivity index (χ2n) is 4.38. The molecule has 0 atom stereocenters. The van der Waals surface area contributed by atoms with E-state index >= 15 is 0 Å². The summed E-state index contributed by atoms with van der Waals surface area (Å²) >= 11 is 5.64. The number of hydrogen-bond acceptors (Lipinski definition) is 2. The first-order valence-electron chi connectivity index (χ1n) is 6.36. The van der Waals surface area contributed by atoms with Crippen LogP contribution in [-0.4, -0.2) is 17.5 Å². The van der Waals surface area contributed by atoms with E-state index in [2.05, 4.69) is 17.1 Å². The fourth-order valence-electron chi connectivity index (χ4n) is 1.89. The van der Waals surface area contributed by atoms with Gasteiger partial charge in [-0.05, 0) is 38.3 Å². The van der Waals surface area contributed by atoms with Crippen LogP contribution < -0.4 is 4.74 Å². The standard InChI is InChI=1S/C15H18ClNO/c1-12-8-9-13-6-5-7-14(15(13)17-12)18-11-4-2-3-10-16/h5-9H,2-4,10-11H2,1H3. The molecule has 3 heteroatoms. The van der Waals surface area contributed by atoms with E-state index in [1.54, 1.807) is 0 Å². The molecule has 0 fully saturated rings. The molecule has 0 spiro atoms. The van der Waals surface area contributed by atoms with Gasteiger partial charge in [-0.1, -0.05) is 18.2 Å². The molecule has 1 aromatic heterocycles. The Bertz CT molecular complexity index is 513. The van der Waals surface area contributed by atoms with Crippen LogP contribution in [0.3, 0.4) is 0 Å². The molecule has 18 heavy (non-hydrogen) atoms. The normalized spacial score (nSPS) is 10.8. The predicted molar refractivity (Wildman–Crippen MR) is 76.5 cm³/mol. The molecule has 0 unspecified atom stereocenters. The summed E-state index contributed by atoms with van der Waals surface area (Å²) in [5, 5.41) is 1.12. The van der Waals surface area contributed by atoms with Gasteiger partial charge >= 0.3 is 0 Å². The Labute approximate surface area is 113 Å². The number of fused-ring (bicyclic) bond motifs is 1. The number of nitrogens with zero attached hydrogens (tertiary/aromatic N) is 1. The van der Waals surface area contributed by atoms with Crippen molar-refractivity contribution in [1.82, 2.24) is 4.98 Å². The average Bonchev–Trinajstić information content (AvgIpc) is 2.39. The molecule has 2 rings (SSSR count). The number of aromatic nitrogens is 1. The Morgan fingerprint density at radius 1 is 1.11 bits per heavy atom. The van der Waals surface area contributed by atoms with Gasteiger partial charge in [-0.2, -0.15) is 0 Å². The maximum absolute atomic E-state index is 5.82. The molecule has 0 N–H and O–H groups in total. The molecule has 2 aromatic rings. The monoisotopic (exact) mass is 263 g/mol. The highest BCUT2D eigenvalue weighted by Gasteiger charge is 2.03. The molecule has 0 amide bonds. The van der Waals surface area contributed by atoms with Crippen molar-refractivity contribution < 1.29 is 4.74 Å². The number of halogens is 1. The quantitative estimate of drug-likeness (QED) is 0.572. The number of alkyl halides is 1. The SMILES string of the molecule is Cc1ccc2cccc(OCCCCCCl)c2n1. The van der Waals surface area contributed by atoms with Crippen LogP contribution in [0.4, 0.5) is 0 Å². The van der Waals surface area contributed by atoms with Crippen LogP contribution in [0.2, 0.25) is 0 Å². The van der Waals surface area contributed by atoms with Gasteiger partial charge in [0, 0.05) is 17.0 Å². The maximum atomic E-state index is 5.82. The summed E-state index contributed by atoms with van der Waals surface area (Å²) in [5.41, 5.74) is 1.97. The van der Waals surface area contributed by atoms with E-state index in [-0.39, 0.29) is 0 Å². The van der Waals surface area contributed by atoms with E-state index < -0.39 is 0 Å². The summed E-state index contributed by atoms with van der Waals surface area (Å²) in [7, 11) is 0. The van der Waals surface area contributed by atoms with Gasteiger partial charge < -0.3 is 4.74 Å². The Balaban J connectivity index is 2.05. The first-order chi connectivity index (χ1) is 8.81. The van der Waals surface area contributed by atoms with Crippen molar-refractivity contribution in [2.24, 2.45) is 0 Å². The summed E-state index contributed by atoms with van der Waals surface area (Å²) < 4.78 is 5.82. The molecule has 0 aliphatic rings. The van der Waals surface area contributed by atoms with Gasteiger partial charge in [-0.15, -0.1) is 11.6 Å². The fraction of sp³-hybridized carbons (Fsp3) is 0.400. The minimum absolute atomic E-state index is 0.728. The summed E-state index contributed by atoms with van der Waals surface area (Å²) in [4.78, 5) is 4.54. The smallest absolute Gasteiger partial charge is 0.145 e. The van der Waals surface area contributed by atoms with E-state index in [9.17, 15) is 0 Å². The lowest BCUT2D eigenvalue weighted by Gasteiger charge is -2.08. The molecule has 1 aromatic carbocycles. The molecule has 0 saturated heterocycles. The van der Waals surface area contributed by atoms with Gasteiger partial charge in [-0.3, -0.25) is 0 Å². The predicted octanol–water partition coefficient (Wildman–Crippen LogP) is 4.33. The number of para-hydroxylation sites is 1. The third kappa shape index (κ3) is 3.36. The maximum Gasteiger partial charge on any atom is 0.145 e. The molecule has 0 aliphatic carbocycles. The number of benzene rings is 1. The van der Waals surface area contributed by atoms with E-state index in [4.69, 9.17) is 16.3 Å². The number of aryl methyl sites for hydroxylation is 1. The minimum Gasteiger partial charge on any atom is -0.491 e. The number of pyridine rings is 1. The van der Waals surface area contributed by atoms with Crippen LogP contribution in [-0.2, 0) is 0 Å². The Kier molecular flexibility index (Phi) is 4.82. The van der Waals surface area contributed by atoms with Crippen LogP contribution in [0.1, 0.15) is 25.0 Å². The Morgan fingerprint density at radius 3 is 2.83 bits per heavy atom. The largest absolute Gasteiger partial charge is 0.491 e. The minimum atomic E-state index is 0.728. The van der Waals surface area contributed by atoms with Crippen LogP contribution in [0.15, 0.2) is 30.3 Å². The molecule has 2 nitrogen and oxygen atoms in total. The van der Waals surface area contributed by atoms with Crippen molar-refractivity contribution in [1.29, 1.82) is 0 Å². The molecule has 1 heterocycles. The Hall–Kier alpha value is -1.28. The van der Waals surface area contributed by atoms with E-state index in [1.807, 2.05) is 25.1 Å². The highest BCUT2D eigenvalue weighted by atomic mass is 35.5. The molecule has 0 saturated carbocycles. The van der Waals surface area contributed by atoms with Crippen molar-refractivity contribution >= 4 is 22.5 Å². The van der Waals surface area contributed by atoms with Crippen LogP contribution in [0.25, 0.3) is 10.9 Å². The van der Waals surface area contributed by atoms with Gasteiger partial charge in [0.25, 0.3) is 0 Å². The van der Waals surface area contributed by atoms with Gasteiger partial charge in [0.05, 0.1) is 6.61 Å². The van der Waals surface area contributed by atoms with Crippen LogP contribution >= 0.6 is 11.6 Å². The summed E-state index contributed by atoms with van der Waals surface area (Å²) in [5.74, 6) is 1.61. The van der Waals surface area contributed by atoms with Crippen LogP contribution in [0.5, 0.6) is 5.75 Å². The van der Waals surface area contributed by atoms with E-state index in [0.717, 1.165) is 54.1 Å². The zero-order valence-corrected chi connectivity index (χ0v) is 11.4. The highest BCUT2D eigenvalue weighted by molar-refractivity contribution is 6.17. The summed E-state index contributed by atoms with van der Waals surface area (Å²) in [6.07, 6.45) is 3.20. The van der Waals surface area contributed by atoms with E-state index in [1.165, 1.54) is 0 Å². The van der Waals surface area contributed by atoms with Gasteiger partial charge in [0.1, 0.15) is 11.3 Å². The topological polar surface area (TPSA) is 22.1 Å². The zero-order valence-electron chi connectivity index (χ0n) is 10.7. The average molecular weight is 264 g/mol. The molecular formula is C15H18ClNO. The van der Waals surface area contributed by atoms with Gasteiger partial charge in [0.2, 0.25) is 0 Å². The summed E-state index contributed by atoms with van der Waals surface area (Å²) in [6.45, 7) is 2.72. The zero-order chi connectivity index (χ0) is 12.8. The second kappa shape index (κ2) is 6.60. The first kappa shape index (κ1) is 13.2. The number of ether oxygens (including phenoxy) is 1.